The van der Waals surface area contributed by atoms with Crippen LogP contribution in [0.4, 0.5) is 4.79 Å². The molecule has 1 saturated heterocycles. The van der Waals surface area contributed by atoms with E-state index in [9.17, 15) is 9.59 Å². The summed E-state index contributed by atoms with van der Waals surface area (Å²) in [5.41, 5.74) is -0.518. The molecule has 2 aromatic heterocycles. The number of rotatable bonds is 3. The Bertz CT molecular complexity index is 754. The van der Waals surface area contributed by atoms with Gasteiger partial charge in [0.15, 0.2) is 5.76 Å². The molecule has 0 N–H and O–H groups in total. The van der Waals surface area contributed by atoms with E-state index in [1.807, 2.05) is 20.8 Å². The Kier molecular flexibility index (Phi) is 4.21. The van der Waals surface area contributed by atoms with Crippen LogP contribution >= 0.6 is 0 Å². The van der Waals surface area contributed by atoms with Crippen LogP contribution in [-0.2, 0) is 11.3 Å². The Morgan fingerprint density at radius 3 is 2.92 bits per heavy atom. The van der Waals surface area contributed by atoms with Crippen LogP contribution in [0.3, 0.4) is 0 Å². The maximum absolute atomic E-state index is 12.1. The second-order valence-electron chi connectivity index (χ2n) is 6.91. The smallest absolute Gasteiger partial charge is 0.437 e. The van der Waals surface area contributed by atoms with Crippen LogP contribution in [0.5, 0.6) is 0 Å². The maximum Gasteiger partial charge on any atom is 0.437 e. The summed E-state index contributed by atoms with van der Waals surface area (Å²) < 4.78 is 16.9. The SMILES string of the molecule is CC(C)(C)OC(=O)N1CC[C@H](Cn2nc(-c3ccco3)oc2=O)C1. The third kappa shape index (κ3) is 3.69. The van der Waals surface area contributed by atoms with Crippen molar-refractivity contribution in [3.05, 3.63) is 28.9 Å². The number of ether oxygens (including phenoxy) is 1. The lowest BCUT2D eigenvalue weighted by atomic mass is 10.1. The largest absolute Gasteiger partial charge is 0.459 e. The van der Waals surface area contributed by atoms with E-state index < -0.39 is 11.4 Å². The average Bonchev–Trinajstić information content (AvgIpc) is 3.19. The summed E-state index contributed by atoms with van der Waals surface area (Å²) in [6, 6.07) is 3.37. The number of hydrogen-bond donors (Lipinski definition) is 0. The van der Waals surface area contributed by atoms with Crippen molar-refractivity contribution in [3.8, 4) is 11.7 Å². The highest BCUT2D eigenvalue weighted by Crippen LogP contribution is 2.21. The second kappa shape index (κ2) is 6.18. The predicted molar refractivity (Wildman–Crippen MR) is 84.4 cm³/mol. The fourth-order valence-corrected chi connectivity index (χ4v) is 2.64. The Hall–Kier alpha value is -2.51. The zero-order valence-corrected chi connectivity index (χ0v) is 14.0. The van der Waals surface area contributed by atoms with Crippen LogP contribution in [0.25, 0.3) is 11.7 Å². The molecule has 2 aromatic rings. The molecule has 0 aliphatic carbocycles. The van der Waals surface area contributed by atoms with Crippen molar-refractivity contribution in [2.24, 2.45) is 5.92 Å². The van der Waals surface area contributed by atoms with Gasteiger partial charge in [0, 0.05) is 13.1 Å². The van der Waals surface area contributed by atoms with Crippen LogP contribution in [0, 0.1) is 5.92 Å². The van der Waals surface area contributed by atoms with Crippen molar-refractivity contribution >= 4 is 6.09 Å². The minimum absolute atomic E-state index is 0.129. The third-order valence-corrected chi connectivity index (χ3v) is 3.71. The monoisotopic (exact) mass is 335 g/mol. The molecular formula is C16H21N3O5. The van der Waals surface area contributed by atoms with Gasteiger partial charge in [0.2, 0.25) is 0 Å². The number of carbonyl (C=O) groups is 1. The number of aromatic nitrogens is 2. The van der Waals surface area contributed by atoms with Gasteiger partial charge in [-0.25, -0.2) is 9.59 Å². The first-order valence-electron chi connectivity index (χ1n) is 7.91. The van der Waals surface area contributed by atoms with Crippen molar-refractivity contribution in [2.75, 3.05) is 13.1 Å². The lowest BCUT2D eigenvalue weighted by Crippen LogP contribution is -2.35. The summed E-state index contributed by atoms with van der Waals surface area (Å²) >= 11 is 0. The molecule has 1 atom stereocenters. The summed E-state index contributed by atoms with van der Waals surface area (Å²) in [6.07, 6.45) is 1.95. The van der Waals surface area contributed by atoms with Crippen molar-refractivity contribution < 1.29 is 18.4 Å². The quantitative estimate of drug-likeness (QED) is 0.855. The van der Waals surface area contributed by atoms with E-state index in [1.165, 1.54) is 10.9 Å². The van der Waals surface area contributed by atoms with Crippen molar-refractivity contribution in [1.29, 1.82) is 0 Å². The molecule has 1 amide bonds. The number of furan rings is 1. The molecule has 1 aliphatic heterocycles. The summed E-state index contributed by atoms with van der Waals surface area (Å²) in [6.45, 7) is 7.04. The molecule has 0 saturated carbocycles. The molecule has 130 valence electrons. The Morgan fingerprint density at radius 2 is 2.25 bits per heavy atom. The van der Waals surface area contributed by atoms with E-state index in [-0.39, 0.29) is 17.9 Å². The van der Waals surface area contributed by atoms with Gasteiger partial charge in [-0.1, -0.05) is 0 Å². The molecule has 0 aromatic carbocycles. The van der Waals surface area contributed by atoms with Crippen LogP contribution in [0.1, 0.15) is 27.2 Å². The van der Waals surface area contributed by atoms with E-state index in [2.05, 4.69) is 5.10 Å². The lowest BCUT2D eigenvalue weighted by Gasteiger charge is -2.24. The van der Waals surface area contributed by atoms with E-state index in [1.54, 1.807) is 17.0 Å². The normalized spacial score (nSPS) is 18.1. The number of nitrogens with zero attached hydrogens (tertiary/aromatic N) is 3. The van der Waals surface area contributed by atoms with E-state index in [0.717, 1.165) is 6.42 Å². The highest BCUT2D eigenvalue weighted by Gasteiger charge is 2.30. The number of hydrogen-bond acceptors (Lipinski definition) is 6. The predicted octanol–water partition coefficient (Wildman–Crippen LogP) is 2.35. The van der Waals surface area contributed by atoms with Gasteiger partial charge >= 0.3 is 11.8 Å². The minimum atomic E-state index is -0.530. The molecule has 0 spiro atoms. The topological polar surface area (TPSA) is 90.7 Å². The van der Waals surface area contributed by atoms with Gasteiger partial charge in [0.1, 0.15) is 5.60 Å². The van der Waals surface area contributed by atoms with E-state index >= 15 is 0 Å². The highest BCUT2D eigenvalue weighted by molar-refractivity contribution is 5.68. The van der Waals surface area contributed by atoms with Crippen molar-refractivity contribution in [1.82, 2.24) is 14.7 Å². The summed E-state index contributed by atoms with van der Waals surface area (Å²) in [5.74, 6) is 0.168. The van der Waals surface area contributed by atoms with Gasteiger partial charge in [-0.05, 0) is 45.2 Å². The van der Waals surface area contributed by atoms with E-state index in [4.69, 9.17) is 13.6 Å². The molecule has 0 unspecified atom stereocenters. The first kappa shape index (κ1) is 16.4. The van der Waals surface area contributed by atoms with Gasteiger partial charge in [-0.15, -0.1) is 5.10 Å². The summed E-state index contributed by atoms with van der Waals surface area (Å²) in [7, 11) is 0. The van der Waals surface area contributed by atoms with Crippen LogP contribution in [0.15, 0.2) is 32.0 Å². The molecule has 1 aliphatic rings. The molecular weight excluding hydrogens is 314 g/mol. The Labute approximate surface area is 139 Å². The first-order valence-corrected chi connectivity index (χ1v) is 7.91. The molecule has 3 rings (SSSR count). The summed E-state index contributed by atoms with van der Waals surface area (Å²) in [5, 5.41) is 4.15. The second-order valence-corrected chi connectivity index (χ2v) is 6.91. The molecule has 0 radical (unpaired) electrons. The van der Waals surface area contributed by atoms with Gasteiger partial charge < -0.3 is 18.5 Å². The molecule has 0 bridgehead atoms. The van der Waals surface area contributed by atoms with E-state index in [0.29, 0.717) is 25.4 Å². The standard InChI is InChI=1S/C16H21N3O5/c1-16(2,3)24-14(20)18-7-6-11(9-18)10-19-15(21)23-13(17-19)12-5-4-8-22-12/h4-5,8,11H,6-7,9-10H2,1-3H3/t11-/m0/s1. The molecule has 8 nitrogen and oxygen atoms in total. The number of likely N-dealkylation sites (tertiary alicyclic amines) is 1. The fraction of sp³-hybridized carbons (Fsp3) is 0.562. The molecule has 1 fully saturated rings. The van der Waals surface area contributed by atoms with Gasteiger partial charge in [-0.3, -0.25) is 0 Å². The Morgan fingerprint density at radius 1 is 1.46 bits per heavy atom. The zero-order valence-electron chi connectivity index (χ0n) is 14.0. The van der Waals surface area contributed by atoms with Crippen LogP contribution in [-0.4, -0.2) is 39.5 Å². The summed E-state index contributed by atoms with van der Waals surface area (Å²) in [4.78, 5) is 25.6. The van der Waals surface area contributed by atoms with Gasteiger partial charge in [-0.2, -0.15) is 4.68 Å². The fourth-order valence-electron chi connectivity index (χ4n) is 2.64. The molecule has 8 heteroatoms. The first-order chi connectivity index (χ1) is 11.3. The van der Waals surface area contributed by atoms with Crippen LogP contribution in [0.2, 0.25) is 0 Å². The molecule has 24 heavy (non-hydrogen) atoms. The van der Waals surface area contributed by atoms with Gasteiger partial charge in [0.05, 0.1) is 12.8 Å². The lowest BCUT2D eigenvalue weighted by molar-refractivity contribution is 0.0286. The van der Waals surface area contributed by atoms with Crippen LogP contribution < -0.4 is 5.76 Å². The highest BCUT2D eigenvalue weighted by atomic mass is 16.6. The van der Waals surface area contributed by atoms with Crippen molar-refractivity contribution in [2.45, 2.75) is 39.3 Å². The number of amides is 1. The average molecular weight is 335 g/mol. The third-order valence-electron chi connectivity index (χ3n) is 3.71. The maximum atomic E-state index is 12.1. The number of carbonyl (C=O) groups excluding carboxylic acids is 1. The van der Waals surface area contributed by atoms with Crippen molar-refractivity contribution in [3.63, 3.8) is 0 Å². The zero-order chi connectivity index (χ0) is 17.3. The van der Waals surface area contributed by atoms with Gasteiger partial charge in [0.25, 0.3) is 5.89 Å². The minimum Gasteiger partial charge on any atom is -0.459 e. The Balaban J connectivity index is 1.62. The molecule has 3 heterocycles.